The highest BCUT2D eigenvalue weighted by Crippen LogP contribution is 2.42. The highest BCUT2D eigenvalue weighted by atomic mass is 32.1. The third-order valence-electron chi connectivity index (χ3n) is 4.00. The van der Waals surface area contributed by atoms with Gasteiger partial charge in [-0.25, -0.2) is 4.79 Å². The van der Waals surface area contributed by atoms with Crippen LogP contribution < -0.4 is 9.47 Å². The molecule has 0 aliphatic carbocycles. The molecule has 0 saturated carbocycles. The smallest absolute Gasteiger partial charge is 0.349 e. The SMILES string of the molecule is COc1ccc2sc(C(=O)O)c(Oc3cc(C)cc(C(C)C)c3)c2c1. The maximum Gasteiger partial charge on any atom is 0.349 e. The van der Waals surface area contributed by atoms with Crippen molar-refractivity contribution in [1.29, 1.82) is 0 Å². The van der Waals surface area contributed by atoms with E-state index < -0.39 is 5.97 Å². The van der Waals surface area contributed by atoms with Crippen LogP contribution in [0.4, 0.5) is 0 Å². The summed E-state index contributed by atoms with van der Waals surface area (Å²) in [6.45, 7) is 6.24. The Labute approximate surface area is 150 Å². The van der Waals surface area contributed by atoms with E-state index in [-0.39, 0.29) is 4.88 Å². The normalized spacial score (nSPS) is 11.1. The predicted molar refractivity (Wildman–Crippen MR) is 101 cm³/mol. The zero-order chi connectivity index (χ0) is 18.1. The number of ether oxygens (including phenoxy) is 2. The quantitative estimate of drug-likeness (QED) is 0.624. The first-order valence-electron chi connectivity index (χ1n) is 8.02. The molecule has 0 aliphatic rings. The van der Waals surface area contributed by atoms with Gasteiger partial charge < -0.3 is 14.6 Å². The zero-order valence-electron chi connectivity index (χ0n) is 14.6. The van der Waals surface area contributed by atoms with Crippen molar-refractivity contribution in [2.24, 2.45) is 0 Å². The average molecular weight is 356 g/mol. The van der Waals surface area contributed by atoms with Crippen molar-refractivity contribution in [2.45, 2.75) is 26.7 Å². The van der Waals surface area contributed by atoms with Gasteiger partial charge in [0.05, 0.1) is 7.11 Å². The van der Waals surface area contributed by atoms with Crippen LogP contribution in [-0.2, 0) is 0 Å². The van der Waals surface area contributed by atoms with Gasteiger partial charge in [-0.2, -0.15) is 0 Å². The number of fused-ring (bicyclic) bond motifs is 1. The van der Waals surface area contributed by atoms with E-state index in [4.69, 9.17) is 9.47 Å². The minimum atomic E-state index is -0.994. The van der Waals surface area contributed by atoms with Crippen LogP contribution in [-0.4, -0.2) is 18.2 Å². The predicted octanol–water partition coefficient (Wildman–Crippen LogP) is 5.83. The Bertz CT molecular complexity index is 940. The van der Waals surface area contributed by atoms with Crippen molar-refractivity contribution in [2.75, 3.05) is 7.11 Å². The molecule has 0 amide bonds. The minimum Gasteiger partial charge on any atom is -0.497 e. The number of hydrogen-bond donors (Lipinski definition) is 1. The summed E-state index contributed by atoms with van der Waals surface area (Å²) in [4.78, 5) is 11.9. The monoisotopic (exact) mass is 356 g/mol. The molecule has 0 radical (unpaired) electrons. The van der Waals surface area contributed by atoms with E-state index in [1.807, 2.05) is 37.3 Å². The van der Waals surface area contributed by atoms with Crippen LogP contribution in [0.5, 0.6) is 17.2 Å². The molecule has 1 aromatic heterocycles. The lowest BCUT2D eigenvalue weighted by atomic mass is 10.0. The fourth-order valence-electron chi connectivity index (χ4n) is 2.71. The van der Waals surface area contributed by atoms with Crippen LogP contribution >= 0.6 is 11.3 Å². The number of carbonyl (C=O) groups is 1. The fraction of sp³-hybridized carbons (Fsp3) is 0.250. The van der Waals surface area contributed by atoms with Crippen molar-refractivity contribution in [3.8, 4) is 17.2 Å². The Morgan fingerprint density at radius 3 is 2.52 bits per heavy atom. The number of carboxylic acid groups (broad SMARTS) is 1. The van der Waals surface area contributed by atoms with Gasteiger partial charge in [-0.3, -0.25) is 0 Å². The molecule has 3 aromatic rings. The number of benzene rings is 2. The zero-order valence-corrected chi connectivity index (χ0v) is 15.4. The van der Waals surface area contributed by atoms with E-state index >= 15 is 0 Å². The molecule has 0 spiro atoms. The first-order chi connectivity index (χ1) is 11.9. The van der Waals surface area contributed by atoms with Crippen LogP contribution in [0.25, 0.3) is 10.1 Å². The van der Waals surface area contributed by atoms with Crippen molar-refractivity contribution in [3.05, 3.63) is 52.4 Å². The second kappa shape index (κ2) is 6.76. The van der Waals surface area contributed by atoms with Crippen LogP contribution in [0.1, 0.15) is 40.6 Å². The maximum absolute atomic E-state index is 11.7. The van der Waals surface area contributed by atoms with Gasteiger partial charge in [-0.1, -0.05) is 19.9 Å². The maximum atomic E-state index is 11.7. The number of carboxylic acids is 1. The van der Waals surface area contributed by atoms with Gasteiger partial charge >= 0.3 is 5.97 Å². The van der Waals surface area contributed by atoms with E-state index in [9.17, 15) is 9.90 Å². The van der Waals surface area contributed by atoms with E-state index in [0.717, 1.165) is 21.2 Å². The molecular weight excluding hydrogens is 336 g/mol. The molecule has 25 heavy (non-hydrogen) atoms. The third-order valence-corrected chi connectivity index (χ3v) is 5.14. The number of methoxy groups -OCH3 is 1. The molecule has 2 aromatic carbocycles. The highest BCUT2D eigenvalue weighted by molar-refractivity contribution is 7.21. The van der Waals surface area contributed by atoms with Crippen molar-refractivity contribution >= 4 is 27.4 Å². The molecule has 0 bridgehead atoms. The van der Waals surface area contributed by atoms with E-state index in [1.165, 1.54) is 11.3 Å². The summed E-state index contributed by atoms with van der Waals surface area (Å²) >= 11 is 1.21. The van der Waals surface area contributed by atoms with Crippen molar-refractivity contribution < 1.29 is 19.4 Å². The van der Waals surface area contributed by atoms with Gasteiger partial charge in [-0.15, -0.1) is 11.3 Å². The van der Waals surface area contributed by atoms with Gasteiger partial charge in [0, 0.05) is 10.1 Å². The number of aromatic carboxylic acids is 1. The largest absolute Gasteiger partial charge is 0.497 e. The summed E-state index contributed by atoms with van der Waals surface area (Å²) in [5.74, 6) is 1.05. The van der Waals surface area contributed by atoms with Crippen molar-refractivity contribution in [1.82, 2.24) is 0 Å². The van der Waals surface area contributed by atoms with Gasteiger partial charge in [-0.05, 0) is 54.3 Å². The number of hydrogen-bond acceptors (Lipinski definition) is 4. The minimum absolute atomic E-state index is 0.191. The Kier molecular flexibility index (Phi) is 4.68. The Morgan fingerprint density at radius 1 is 1.12 bits per heavy atom. The molecule has 1 N–H and O–H groups in total. The van der Waals surface area contributed by atoms with Crippen LogP contribution in [0.15, 0.2) is 36.4 Å². The van der Waals surface area contributed by atoms with E-state index in [2.05, 4.69) is 19.9 Å². The summed E-state index contributed by atoms with van der Waals surface area (Å²) < 4.78 is 12.2. The standard InChI is InChI=1S/C20H20O4S/c1-11(2)13-7-12(3)8-15(9-13)24-18-16-10-14(23-4)5-6-17(16)25-19(18)20(21)22/h5-11H,1-4H3,(H,21,22). The Balaban J connectivity index is 2.14. The second-order valence-corrected chi connectivity index (χ2v) is 7.32. The lowest BCUT2D eigenvalue weighted by molar-refractivity contribution is 0.0700. The van der Waals surface area contributed by atoms with Gasteiger partial charge in [0.15, 0.2) is 10.6 Å². The molecule has 5 heteroatoms. The molecule has 0 saturated heterocycles. The molecule has 0 aliphatic heterocycles. The molecule has 1 heterocycles. The number of aryl methyl sites for hydroxylation is 1. The topological polar surface area (TPSA) is 55.8 Å². The van der Waals surface area contributed by atoms with Gasteiger partial charge in [0.25, 0.3) is 0 Å². The van der Waals surface area contributed by atoms with E-state index in [1.54, 1.807) is 7.11 Å². The van der Waals surface area contributed by atoms with Crippen LogP contribution in [0, 0.1) is 6.92 Å². The number of thiophene rings is 1. The summed E-state index contributed by atoms with van der Waals surface area (Å²) in [6.07, 6.45) is 0. The summed E-state index contributed by atoms with van der Waals surface area (Å²) in [6, 6.07) is 11.5. The summed E-state index contributed by atoms with van der Waals surface area (Å²) in [5, 5.41) is 10.3. The first kappa shape index (κ1) is 17.3. The van der Waals surface area contributed by atoms with Crippen LogP contribution in [0.2, 0.25) is 0 Å². The fourth-order valence-corrected chi connectivity index (χ4v) is 3.66. The Hall–Kier alpha value is -2.53. The number of rotatable bonds is 5. The molecular formula is C20H20O4S. The molecule has 3 rings (SSSR count). The second-order valence-electron chi connectivity index (χ2n) is 6.26. The summed E-state index contributed by atoms with van der Waals surface area (Å²) in [5.41, 5.74) is 2.24. The molecule has 0 unspecified atom stereocenters. The molecule has 130 valence electrons. The summed E-state index contributed by atoms with van der Waals surface area (Å²) in [7, 11) is 1.58. The van der Waals surface area contributed by atoms with Crippen molar-refractivity contribution in [3.63, 3.8) is 0 Å². The molecule has 0 atom stereocenters. The first-order valence-corrected chi connectivity index (χ1v) is 8.84. The average Bonchev–Trinajstić information content (AvgIpc) is 2.92. The lowest BCUT2D eigenvalue weighted by Gasteiger charge is -2.12. The van der Waals surface area contributed by atoms with Gasteiger partial charge in [0.1, 0.15) is 11.5 Å². The Morgan fingerprint density at radius 2 is 1.88 bits per heavy atom. The van der Waals surface area contributed by atoms with E-state index in [0.29, 0.717) is 23.2 Å². The molecule has 0 fully saturated rings. The molecule has 4 nitrogen and oxygen atoms in total. The van der Waals surface area contributed by atoms with Gasteiger partial charge in [0.2, 0.25) is 0 Å². The lowest BCUT2D eigenvalue weighted by Crippen LogP contribution is -1.97. The highest BCUT2D eigenvalue weighted by Gasteiger charge is 2.21. The van der Waals surface area contributed by atoms with Crippen LogP contribution in [0.3, 0.4) is 0 Å². The third kappa shape index (κ3) is 3.46.